The van der Waals surface area contributed by atoms with Crippen molar-refractivity contribution < 1.29 is 33.2 Å². The summed E-state index contributed by atoms with van der Waals surface area (Å²) in [6, 6.07) is 29.3. The summed E-state index contributed by atoms with van der Waals surface area (Å²) in [5.41, 5.74) is 2.90. The number of hydrogen-bond acceptors (Lipinski definition) is 7. The summed E-state index contributed by atoms with van der Waals surface area (Å²) in [7, 11) is 1.32. The van der Waals surface area contributed by atoms with E-state index in [1.54, 1.807) is 6.08 Å². The average molecular weight is 519 g/mol. The number of hydrogen-bond donors (Lipinski definition) is 0. The van der Waals surface area contributed by atoms with Crippen molar-refractivity contribution >= 4 is 5.97 Å². The lowest BCUT2D eigenvalue weighted by molar-refractivity contribution is -0.318. The molecule has 0 bridgehead atoms. The molecule has 7 nitrogen and oxygen atoms in total. The maximum Gasteiger partial charge on any atom is 0.337 e. The highest BCUT2D eigenvalue weighted by molar-refractivity contribution is 5.75. The van der Waals surface area contributed by atoms with Gasteiger partial charge in [-0.25, -0.2) is 4.79 Å². The van der Waals surface area contributed by atoms with Crippen LogP contribution in [0.25, 0.3) is 0 Å². The molecule has 3 aromatic carbocycles. The first-order chi connectivity index (χ1) is 18.7. The molecule has 38 heavy (non-hydrogen) atoms. The SMILES string of the molecule is C=CCO[C@@H]1O[C@H](C(=O)OC)[C@@H](OCc2ccccc2)[C@H](OCc2ccccc2)[C@H]1OCc1ccccc1. The highest BCUT2D eigenvalue weighted by atomic mass is 16.7. The van der Waals surface area contributed by atoms with Crippen LogP contribution in [0.15, 0.2) is 104 Å². The first-order valence-corrected chi connectivity index (χ1v) is 12.6. The summed E-state index contributed by atoms with van der Waals surface area (Å²) in [5.74, 6) is -0.579. The van der Waals surface area contributed by atoms with Crippen molar-refractivity contribution in [3.8, 4) is 0 Å². The van der Waals surface area contributed by atoms with Gasteiger partial charge in [0.2, 0.25) is 0 Å². The van der Waals surface area contributed by atoms with Gasteiger partial charge in [-0.15, -0.1) is 6.58 Å². The van der Waals surface area contributed by atoms with E-state index in [0.717, 1.165) is 16.7 Å². The summed E-state index contributed by atoms with van der Waals surface area (Å²) in [6.45, 7) is 4.76. The third-order valence-corrected chi connectivity index (χ3v) is 6.16. The highest BCUT2D eigenvalue weighted by Crippen LogP contribution is 2.31. The molecule has 0 spiro atoms. The molecule has 0 aliphatic carbocycles. The number of ether oxygens (including phenoxy) is 6. The summed E-state index contributed by atoms with van der Waals surface area (Å²) < 4.78 is 36.4. The Balaban J connectivity index is 1.65. The van der Waals surface area contributed by atoms with Gasteiger partial charge in [-0.05, 0) is 16.7 Å². The lowest BCUT2D eigenvalue weighted by Crippen LogP contribution is -2.62. The standard InChI is InChI=1S/C31H34O7/c1-3-19-34-31-29(37-22-25-17-11-6-12-18-25)27(36-21-24-15-9-5-10-16-24)26(28(38-31)30(32)33-2)35-20-23-13-7-4-8-14-23/h3-18,26-29,31H,1,19-22H2,2H3/t26-,27-,28-,29+,31+/m0/s1. The first-order valence-electron chi connectivity index (χ1n) is 12.6. The molecule has 4 rings (SSSR count). The van der Waals surface area contributed by atoms with Crippen LogP contribution >= 0.6 is 0 Å². The Hall–Kier alpha value is -3.33. The predicted molar refractivity (Wildman–Crippen MR) is 142 cm³/mol. The van der Waals surface area contributed by atoms with Gasteiger partial charge in [0.15, 0.2) is 12.4 Å². The molecule has 1 fully saturated rings. The van der Waals surface area contributed by atoms with Gasteiger partial charge in [0.05, 0.1) is 33.5 Å². The molecule has 3 aromatic rings. The Kier molecular flexibility index (Phi) is 10.6. The van der Waals surface area contributed by atoms with E-state index >= 15 is 0 Å². The molecule has 5 atom stereocenters. The fourth-order valence-electron chi connectivity index (χ4n) is 4.26. The van der Waals surface area contributed by atoms with Crippen LogP contribution in [-0.4, -0.2) is 50.4 Å². The minimum Gasteiger partial charge on any atom is -0.467 e. The Morgan fingerprint density at radius 2 is 1.16 bits per heavy atom. The number of benzene rings is 3. The van der Waals surface area contributed by atoms with Gasteiger partial charge >= 0.3 is 5.97 Å². The summed E-state index contributed by atoms with van der Waals surface area (Å²) >= 11 is 0. The summed E-state index contributed by atoms with van der Waals surface area (Å²) in [6.07, 6.45) is -2.64. The zero-order valence-corrected chi connectivity index (χ0v) is 21.5. The van der Waals surface area contributed by atoms with E-state index < -0.39 is 36.7 Å². The molecule has 1 aliphatic rings. The molecular formula is C31H34O7. The van der Waals surface area contributed by atoms with Crippen molar-refractivity contribution in [1.82, 2.24) is 0 Å². The lowest BCUT2D eigenvalue weighted by atomic mass is 9.97. The molecule has 7 heteroatoms. The van der Waals surface area contributed by atoms with Gasteiger partial charge in [-0.3, -0.25) is 0 Å². The van der Waals surface area contributed by atoms with Gasteiger partial charge in [0.25, 0.3) is 0 Å². The first kappa shape index (κ1) is 27.7. The molecule has 1 aliphatic heterocycles. The van der Waals surface area contributed by atoms with Crippen LogP contribution in [0.1, 0.15) is 16.7 Å². The summed E-state index contributed by atoms with van der Waals surface area (Å²) in [4.78, 5) is 12.9. The fourth-order valence-corrected chi connectivity index (χ4v) is 4.26. The van der Waals surface area contributed by atoms with E-state index in [4.69, 9.17) is 28.4 Å². The molecule has 0 unspecified atom stereocenters. The van der Waals surface area contributed by atoms with Crippen molar-refractivity contribution in [1.29, 1.82) is 0 Å². The number of methoxy groups -OCH3 is 1. The molecule has 1 heterocycles. The smallest absolute Gasteiger partial charge is 0.337 e. The van der Waals surface area contributed by atoms with Crippen molar-refractivity contribution in [2.75, 3.05) is 13.7 Å². The molecular weight excluding hydrogens is 484 g/mol. The van der Waals surface area contributed by atoms with Crippen LogP contribution < -0.4 is 0 Å². The largest absolute Gasteiger partial charge is 0.467 e. The molecule has 200 valence electrons. The fraction of sp³-hybridized carbons (Fsp3) is 0.323. The average Bonchev–Trinajstić information content (AvgIpc) is 2.98. The second-order valence-corrected chi connectivity index (χ2v) is 8.85. The Morgan fingerprint density at radius 3 is 1.61 bits per heavy atom. The molecule has 0 saturated carbocycles. The predicted octanol–water partition coefficient (Wildman–Crippen LogP) is 4.84. The second kappa shape index (κ2) is 14.6. The van der Waals surface area contributed by atoms with Gasteiger partial charge < -0.3 is 28.4 Å². The molecule has 1 saturated heterocycles. The maximum atomic E-state index is 12.9. The van der Waals surface area contributed by atoms with E-state index in [9.17, 15) is 4.79 Å². The van der Waals surface area contributed by atoms with Crippen LogP contribution in [0, 0.1) is 0 Å². The van der Waals surface area contributed by atoms with E-state index in [1.807, 2.05) is 91.0 Å². The third-order valence-electron chi connectivity index (χ3n) is 6.16. The van der Waals surface area contributed by atoms with Crippen molar-refractivity contribution in [3.05, 3.63) is 120 Å². The van der Waals surface area contributed by atoms with Gasteiger partial charge in [-0.2, -0.15) is 0 Å². The van der Waals surface area contributed by atoms with E-state index in [2.05, 4.69) is 6.58 Å². The Bertz CT molecular complexity index is 1110. The van der Waals surface area contributed by atoms with Gasteiger partial charge in [0, 0.05) is 0 Å². The number of carbonyl (C=O) groups excluding carboxylic acids is 1. The number of carbonyl (C=O) groups is 1. The Morgan fingerprint density at radius 1 is 0.711 bits per heavy atom. The highest BCUT2D eigenvalue weighted by Gasteiger charge is 2.52. The van der Waals surface area contributed by atoms with Crippen LogP contribution in [-0.2, 0) is 53.0 Å². The van der Waals surface area contributed by atoms with Gasteiger partial charge in [0.1, 0.15) is 18.3 Å². The third kappa shape index (κ3) is 7.60. The molecule has 0 radical (unpaired) electrons. The minimum atomic E-state index is -1.09. The minimum absolute atomic E-state index is 0.199. The quantitative estimate of drug-likeness (QED) is 0.237. The maximum absolute atomic E-state index is 12.9. The Labute approximate surface area is 223 Å². The van der Waals surface area contributed by atoms with Crippen molar-refractivity contribution in [2.24, 2.45) is 0 Å². The topological polar surface area (TPSA) is 72.5 Å². The lowest BCUT2D eigenvalue weighted by Gasteiger charge is -2.44. The number of esters is 1. The zero-order valence-electron chi connectivity index (χ0n) is 21.5. The second-order valence-electron chi connectivity index (χ2n) is 8.85. The molecule has 0 amide bonds. The van der Waals surface area contributed by atoms with Crippen LogP contribution in [0.5, 0.6) is 0 Å². The van der Waals surface area contributed by atoms with Crippen molar-refractivity contribution in [3.63, 3.8) is 0 Å². The monoisotopic (exact) mass is 518 g/mol. The van der Waals surface area contributed by atoms with Crippen LogP contribution in [0.4, 0.5) is 0 Å². The van der Waals surface area contributed by atoms with Crippen LogP contribution in [0.2, 0.25) is 0 Å². The van der Waals surface area contributed by atoms with Crippen LogP contribution in [0.3, 0.4) is 0 Å². The van der Waals surface area contributed by atoms with Gasteiger partial charge in [-0.1, -0.05) is 97.1 Å². The number of rotatable bonds is 13. The molecule has 0 aromatic heterocycles. The van der Waals surface area contributed by atoms with E-state index in [1.165, 1.54) is 7.11 Å². The van der Waals surface area contributed by atoms with Crippen molar-refractivity contribution in [2.45, 2.75) is 50.5 Å². The van der Waals surface area contributed by atoms with E-state index in [-0.39, 0.29) is 19.8 Å². The zero-order chi connectivity index (χ0) is 26.6. The summed E-state index contributed by atoms with van der Waals surface area (Å²) in [5, 5.41) is 0. The van der Waals surface area contributed by atoms with E-state index in [0.29, 0.717) is 6.61 Å². The normalized spacial score (nSPS) is 23.0. The molecule has 0 N–H and O–H groups in total.